The molecule has 0 aliphatic carbocycles. The smallest absolute Gasteiger partial charge is 0.295 e. The molecule has 0 bridgehead atoms. The highest BCUT2D eigenvalue weighted by Crippen LogP contribution is 2.40. The molecule has 2 N–H and O–H groups in total. The van der Waals surface area contributed by atoms with Gasteiger partial charge in [-0.3, -0.25) is 9.59 Å². The number of aryl methyl sites for hydroxylation is 2. The lowest BCUT2D eigenvalue weighted by atomic mass is 9.95. The quantitative estimate of drug-likeness (QED) is 0.182. The van der Waals surface area contributed by atoms with Crippen molar-refractivity contribution >= 4 is 17.4 Å². The average Bonchev–Trinajstić information content (AvgIpc) is 3.55. The number of amides is 1. The van der Waals surface area contributed by atoms with Crippen LogP contribution in [-0.2, 0) is 22.7 Å². The maximum Gasteiger partial charge on any atom is 0.295 e. The Morgan fingerprint density at radius 3 is 2.51 bits per heavy atom. The van der Waals surface area contributed by atoms with Crippen LogP contribution in [0, 0.1) is 6.92 Å². The Labute approximate surface area is 226 Å². The number of aliphatic hydroxyl groups is 1. The molecule has 1 aromatic heterocycles. The number of carbonyl (C=O) groups excluding carboxylic acids is 2. The van der Waals surface area contributed by atoms with Gasteiger partial charge in [0.2, 0.25) is 0 Å². The predicted octanol–water partition coefficient (Wildman–Crippen LogP) is 4.99. The number of phenolic OH excluding ortho intramolecular Hbond substituents is 1. The van der Waals surface area contributed by atoms with E-state index in [-0.39, 0.29) is 23.6 Å². The third-order valence-corrected chi connectivity index (χ3v) is 6.88. The molecule has 8 nitrogen and oxygen atoms in total. The van der Waals surface area contributed by atoms with Gasteiger partial charge in [-0.2, -0.15) is 0 Å². The highest BCUT2D eigenvalue weighted by atomic mass is 16.5. The van der Waals surface area contributed by atoms with Crippen molar-refractivity contribution in [3.05, 3.63) is 119 Å². The zero-order valence-corrected chi connectivity index (χ0v) is 21.5. The summed E-state index contributed by atoms with van der Waals surface area (Å²) in [6.07, 6.45) is 5.77. The number of aliphatic hydroxyl groups excluding tert-OH is 1. The van der Waals surface area contributed by atoms with Gasteiger partial charge in [0.15, 0.2) is 0 Å². The van der Waals surface area contributed by atoms with Crippen molar-refractivity contribution in [1.82, 2.24) is 14.5 Å². The SMILES string of the molecule is Cc1ccccc1COc1ccc(C(O)=C2C(=O)C(=O)N(CCCn3ccnc3)C2c2cccc(O)c2)cc1. The van der Waals surface area contributed by atoms with E-state index in [1.54, 1.807) is 48.9 Å². The van der Waals surface area contributed by atoms with E-state index in [1.807, 2.05) is 42.0 Å². The molecule has 1 fully saturated rings. The second kappa shape index (κ2) is 11.3. The van der Waals surface area contributed by atoms with E-state index in [4.69, 9.17) is 4.74 Å². The number of rotatable bonds is 9. The molecule has 1 unspecified atom stereocenters. The number of benzene rings is 3. The third-order valence-electron chi connectivity index (χ3n) is 6.88. The number of phenols is 1. The van der Waals surface area contributed by atoms with Crippen LogP contribution in [0.3, 0.4) is 0 Å². The summed E-state index contributed by atoms with van der Waals surface area (Å²) in [6.45, 7) is 3.32. The molecule has 3 aromatic carbocycles. The molecule has 8 heteroatoms. The zero-order valence-electron chi connectivity index (χ0n) is 21.5. The molecule has 1 amide bonds. The highest BCUT2D eigenvalue weighted by Gasteiger charge is 2.45. The minimum atomic E-state index is -0.836. The van der Waals surface area contributed by atoms with Crippen molar-refractivity contribution in [1.29, 1.82) is 0 Å². The van der Waals surface area contributed by atoms with Crippen LogP contribution in [0.2, 0.25) is 0 Å². The fraction of sp³-hybridized carbons (Fsp3) is 0.194. The van der Waals surface area contributed by atoms with Gasteiger partial charge in [0, 0.05) is 31.0 Å². The van der Waals surface area contributed by atoms with Crippen LogP contribution >= 0.6 is 0 Å². The molecule has 1 saturated heterocycles. The van der Waals surface area contributed by atoms with Gasteiger partial charge in [-0.1, -0.05) is 36.4 Å². The van der Waals surface area contributed by atoms with Gasteiger partial charge in [0.25, 0.3) is 11.7 Å². The first-order valence-corrected chi connectivity index (χ1v) is 12.7. The molecule has 4 aromatic rings. The standard InChI is InChI=1S/C31H29N3O5/c1-21-6-2-3-7-24(21)19-39-26-12-10-22(11-13-26)29(36)27-28(23-8-4-9-25(35)18-23)34(31(38)30(27)37)16-5-15-33-17-14-32-20-33/h2-4,6-14,17-18,20,28,35-36H,5,15-16,19H2,1H3. The summed E-state index contributed by atoms with van der Waals surface area (Å²) in [5.74, 6) is -1.10. The van der Waals surface area contributed by atoms with Crippen LogP contribution in [-0.4, -0.2) is 42.9 Å². The second-order valence-corrected chi connectivity index (χ2v) is 9.48. The summed E-state index contributed by atoms with van der Waals surface area (Å²) >= 11 is 0. The number of aromatic nitrogens is 2. The molecule has 5 rings (SSSR count). The number of nitrogens with zero attached hydrogens (tertiary/aromatic N) is 3. The number of carbonyl (C=O) groups is 2. The Morgan fingerprint density at radius 1 is 1.00 bits per heavy atom. The largest absolute Gasteiger partial charge is 0.508 e. The van der Waals surface area contributed by atoms with Crippen LogP contribution in [0.1, 0.15) is 34.7 Å². The van der Waals surface area contributed by atoms with Gasteiger partial charge in [-0.05, 0) is 66.4 Å². The number of ether oxygens (including phenoxy) is 1. The molecule has 39 heavy (non-hydrogen) atoms. The Morgan fingerprint density at radius 2 is 1.79 bits per heavy atom. The molecule has 0 radical (unpaired) electrons. The van der Waals surface area contributed by atoms with E-state index in [1.165, 1.54) is 17.0 Å². The first-order chi connectivity index (χ1) is 18.9. The fourth-order valence-electron chi connectivity index (χ4n) is 4.79. The Balaban J connectivity index is 1.42. The summed E-state index contributed by atoms with van der Waals surface area (Å²) in [4.78, 5) is 31.9. The third kappa shape index (κ3) is 5.55. The Kier molecular flexibility index (Phi) is 7.45. The maximum absolute atomic E-state index is 13.2. The number of hydrogen-bond acceptors (Lipinski definition) is 6. The Hall–Kier alpha value is -4.85. The number of imidazole rings is 1. The van der Waals surface area contributed by atoms with Crippen molar-refractivity contribution in [3.63, 3.8) is 0 Å². The van der Waals surface area contributed by atoms with Gasteiger partial charge in [-0.25, -0.2) is 4.98 Å². The predicted molar refractivity (Wildman–Crippen MR) is 146 cm³/mol. The van der Waals surface area contributed by atoms with E-state index in [9.17, 15) is 19.8 Å². The molecule has 1 aliphatic heterocycles. The maximum atomic E-state index is 13.2. The van der Waals surface area contributed by atoms with Crippen molar-refractivity contribution < 1.29 is 24.5 Å². The van der Waals surface area contributed by atoms with Gasteiger partial charge in [-0.15, -0.1) is 0 Å². The lowest BCUT2D eigenvalue weighted by Crippen LogP contribution is -2.31. The molecule has 198 valence electrons. The van der Waals surface area contributed by atoms with E-state index in [0.717, 1.165) is 11.1 Å². The lowest BCUT2D eigenvalue weighted by molar-refractivity contribution is -0.139. The van der Waals surface area contributed by atoms with Gasteiger partial charge in [0.05, 0.1) is 17.9 Å². The summed E-state index contributed by atoms with van der Waals surface area (Å²) in [6, 6.07) is 20.3. The minimum absolute atomic E-state index is 0.00616. The van der Waals surface area contributed by atoms with Crippen LogP contribution < -0.4 is 4.74 Å². The molecule has 0 spiro atoms. The van der Waals surface area contributed by atoms with E-state index >= 15 is 0 Å². The van der Waals surface area contributed by atoms with Crippen LogP contribution in [0.5, 0.6) is 11.5 Å². The van der Waals surface area contributed by atoms with Crippen LogP contribution in [0.25, 0.3) is 5.76 Å². The number of Topliss-reactive ketones (excluding diaryl/α,β-unsaturated/α-hetero) is 1. The van der Waals surface area contributed by atoms with Gasteiger partial charge < -0.3 is 24.4 Å². The van der Waals surface area contributed by atoms with E-state index < -0.39 is 17.7 Å². The molecular formula is C31H29N3O5. The van der Waals surface area contributed by atoms with Crippen molar-refractivity contribution in [2.45, 2.75) is 32.5 Å². The zero-order chi connectivity index (χ0) is 27.4. The number of ketones is 1. The summed E-state index contributed by atoms with van der Waals surface area (Å²) in [5, 5.41) is 21.4. The first-order valence-electron chi connectivity index (χ1n) is 12.7. The number of hydrogen-bond donors (Lipinski definition) is 2. The molecule has 1 atom stereocenters. The van der Waals surface area contributed by atoms with Crippen LogP contribution in [0.4, 0.5) is 0 Å². The second-order valence-electron chi connectivity index (χ2n) is 9.48. The van der Waals surface area contributed by atoms with Gasteiger partial charge in [0.1, 0.15) is 23.9 Å². The van der Waals surface area contributed by atoms with E-state index in [2.05, 4.69) is 4.98 Å². The molecular weight excluding hydrogens is 494 g/mol. The summed E-state index contributed by atoms with van der Waals surface area (Å²) in [7, 11) is 0. The average molecular weight is 524 g/mol. The first kappa shape index (κ1) is 25.8. The lowest BCUT2D eigenvalue weighted by Gasteiger charge is -2.25. The molecule has 0 saturated carbocycles. The van der Waals surface area contributed by atoms with Crippen molar-refractivity contribution in [2.24, 2.45) is 0 Å². The summed E-state index contributed by atoms with van der Waals surface area (Å²) in [5.41, 5.74) is 3.12. The van der Waals surface area contributed by atoms with Crippen molar-refractivity contribution in [2.75, 3.05) is 6.54 Å². The highest BCUT2D eigenvalue weighted by molar-refractivity contribution is 6.46. The molecule has 2 heterocycles. The number of likely N-dealkylation sites (tertiary alicyclic amines) is 1. The van der Waals surface area contributed by atoms with E-state index in [0.29, 0.717) is 36.4 Å². The number of aromatic hydroxyl groups is 1. The van der Waals surface area contributed by atoms with Crippen molar-refractivity contribution in [3.8, 4) is 11.5 Å². The Bertz CT molecular complexity index is 1510. The molecule has 1 aliphatic rings. The minimum Gasteiger partial charge on any atom is -0.508 e. The summed E-state index contributed by atoms with van der Waals surface area (Å²) < 4.78 is 7.80. The van der Waals surface area contributed by atoms with Gasteiger partial charge >= 0.3 is 0 Å². The topological polar surface area (TPSA) is 105 Å². The van der Waals surface area contributed by atoms with Crippen LogP contribution in [0.15, 0.2) is 97.1 Å². The normalized spacial score (nSPS) is 16.5. The fourth-order valence-corrected chi connectivity index (χ4v) is 4.79. The monoisotopic (exact) mass is 523 g/mol.